The summed E-state index contributed by atoms with van der Waals surface area (Å²) in [6, 6.07) is 44.5. The van der Waals surface area contributed by atoms with Crippen LogP contribution in [-0.2, 0) is 32.1 Å². The molecule has 0 saturated heterocycles. The number of allylic oxidation sites excluding steroid dienone is 4. The van der Waals surface area contributed by atoms with Crippen molar-refractivity contribution >= 4 is 61.5 Å². The van der Waals surface area contributed by atoms with Gasteiger partial charge in [-0.3, -0.25) is 0 Å². The summed E-state index contributed by atoms with van der Waals surface area (Å²) in [7, 11) is -1.57. The number of rotatable bonds is 9. The van der Waals surface area contributed by atoms with Gasteiger partial charge in [-0.15, -0.1) is 11.8 Å². The summed E-state index contributed by atoms with van der Waals surface area (Å²) in [6.45, 7) is 0. The zero-order chi connectivity index (χ0) is 31.7. The molecule has 0 fully saturated rings. The zero-order valence-corrected chi connectivity index (χ0v) is 33.0. The Hall–Kier alpha value is -1.59. The molecule has 0 nitrogen and oxygen atoms in total. The molecule has 0 N–H and O–H groups in total. The molecule has 0 aliphatic heterocycles. The van der Waals surface area contributed by atoms with Crippen LogP contribution in [0.3, 0.4) is 0 Å². The van der Waals surface area contributed by atoms with Crippen molar-refractivity contribution < 1.29 is 19.5 Å². The van der Waals surface area contributed by atoms with Gasteiger partial charge in [-0.25, -0.2) is 0 Å². The summed E-state index contributed by atoms with van der Waals surface area (Å²) in [5.74, 6) is 0. The minimum Gasteiger partial charge on any atom is -0.783 e. The van der Waals surface area contributed by atoms with Crippen LogP contribution in [0.4, 0.5) is 0 Å². The van der Waals surface area contributed by atoms with Gasteiger partial charge in [0.25, 0.3) is 0 Å². The molecular formula is C42H51P2RhS2+2. The molecular weight excluding hydrogens is 733 g/mol. The Morgan fingerprint density at radius 1 is 0.489 bits per heavy atom. The molecule has 0 spiro atoms. The number of benzene rings is 4. The Labute approximate surface area is 310 Å². The molecule has 0 amide bonds. The van der Waals surface area contributed by atoms with Crippen LogP contribution in [0.25, 0.3) is 0 Å². The fraction of sp³-hybridized carbons (Fsp3) is 0.333. The molecule has 0 aromatic heterocycles. The molecule has 0 unspecified atom stereocenters. The van der Waals surface area contributed by atoms with Gasteiger partial charge >= 0.3 is 19.5 Å². The van der Waals surface area contributed by atoms with Crippen LogP contribution in [0.5, 0.6) is 0 Å². The zero-order valence-electron chi connectivity index (χ0n) is 27.6. The van der Waals surface area contributed by atoms with E-state index in [1.54, 1.807) is 0 Å². The fourth-order valence-corrected chi connectivity index (χ4v) is 14.1. The number of hydrogen-bond acceptors (Lipinski definition) is 2. The van der Waals surface area contributed by atoms with Crippen molar-refractivity contribution in [2.75, 3.05) is 12.3 Å². The Morgan fingerprint density at radius 2 is 0.872 bits per heavy atom. The van der Waals surface area contributed by atoms with Crippen molar-refractivity contribution in [3.8, 4) is 0 Å². The monoisotopic (exact) mass is 784 g/mol. The molecule has 2 aliphatic rings. The Bertz CT molecular complexity index is 1310. The Morgan fingerprint density at radius 3 is 1.32 bits per heavy atom. The van der Waals surface area contributed by atoms with Crippen LogP contribution in [-0.4, -0.2) is 12.3 Å². The summed E-state index contributed by atoms with van der Waals surface area (Å²) in [5, 5.41) is 6.06. The van der Waals surface area contributed by atoms with E-state index in [1.807, 2.05) is 11.8 Å². The number of thioether (sulfide) groups is 1. The van der Waals surface area contributed by atoms with Gasteiger partial charge in [0.2, 0.25) is 0 Å². The van der Waals surface area contributed by atoms with E-state index in [4.69, 9.17) is 12.6 Å². The van der Waals surface area contributed by atoms with Crippen LogP contribution < -0.4 is 21.2 Å². The van der Waals surface area contributed by atoms with Gasteiger partial charge in [-0.1, -0.05) is 131 Å². The van der Waals surface area contributed by atoms with Crippen LogP contribution in [0, 0.1) is 6.08 Å². The summed E-state index contributed by atoms with van der Waals surface area (Å²) in [6.07, 6.45) is 21.7. The molecule has 0 heterocycles. The summed E-state index contributed by atoms with van der Waals surface area (Å²) >= 11 is 7.58. The first-order valence-corrected chi connectivity index (χ1v) is 22.0. The van der Waals surface area contributed by atoms with Crippen LogP contribution in [0.1, 0.15) is 77.0 Å². The fourth-order valence-electron chi connectivity index (χ4n) is 6.35. The first kappa shape index (κ1) is 38.2. The second-order valence-corrected chi connectivity index (χ2v) is 19.2. The van der Waals surface area contributed by atoms with Crippen molar-refractivity contribution in [2.45, 2.75) is 77.0 Å². The van der Waals surface area contributed by atoms with Gasteiger partial charge in [0.1, 0.15) is 12.3 Å². The maximum absolute atomic E-state index is 5.60. The molecule has 47 heavy (non-hydrogen) atoms. The van der Waals surface area contributed by atoms with Gasteiger partial charge in [0.05, 0.1) is 37.1 Å². The molecule has 5 heteroatoms. The first-order chi connectivity index (χ1) is 22.8. The third-order valence-corrected chi connectivity index (χ3v) is 16.9. The normalized spacial score (nSPS) is 17.2. The van der Waals surface area contributed by atoms with Gasteiger partial charge < -0.3 is 18.7 Å². The van der Waals surface area contributed by atoms with Gasteiger partial charge in [0, 0.05) is 0 Å². The van der Waals surface area contributed by atoms with E-state index >= 15 is 0 Å². The van der Waals surface area contributed by atoms with Crippen LogP contribution >= 0.6 is 27.6 Å². The molecule has 4 aromatic carbocycles. The van der Waals surface area contributed by atoms with E-state index in [1.165, 1.54) is 112 Å². The summed E-state index contributed by atoms with van der Waals surface area (Å²) in [5.41, 5.74) is 0. The van der Waals surface area contributed by atoms with Crippen LogP contribution in [0.2, 0.25) is 0 Å². The first-order valence-electron chi connectivity index (χ1n) is 17.4. The third kappa shape index (κ3) is 13.0. The van der Waals surface area contributed by atoms with E-state index in [2.05, 4.69) is 127 Å². The van der Waals surface area contributed by atoms with Gasteiger partial charge in [-0.05, 0) is 66.3 Å². The average Bonchev–Trinajstić information content (AvgIpc) is 3.09. The van der Waals surface area contributed by atoms with E-state index in [-0.39, 0.29) is 19.5 Å². The van der Waals surface area contributed by atoms with Crippen molar-refractivity contribution in [1.29, 1.82) is 0 Å². The molecule has 0 bridgehead atoms. The number of hydrogen-bond donors (Lipinski definition) is 0. The Balaban J connectivity index is 0.000000229. The van der Waals surface area contributed by atoms with E-state index in [9.17, 15) is 0 Å². The third-order valence-electron chi connectivity index (χ3n) is 8.88. The van der Waals surface area contributed by atoms with Gasteiger partial charge in [-0.2, -0.15) is 16.2 Å². The standard InChI is InChI=1S/C26H24P2.C16H25S2.Rh.H/c1-5-13-23(14-6-1)27(24-15-7-2-8-16-24)21-22-28(25-17-9-3-10-18-25)26-19-11-4-12-20-26;17-15-12-8-4-5-9-13-16(15)18-14-10-6-2-1-3-7-11-14;;/h1-20H,21-22H2;17H,1-10,12-13H2;;/q;-1;+2;/p+1/b;16-15-;;. The quantitative estimate of drug-likeness (QED) is 0.0718. The average molecular weight is 785 g/mol. The molecule has 4 aromatic rings. The van der Waals surface area contributed by atoms with E-state index in [0.29, 0.717) is 0 Å². The molecule has 2 aliphatic carbocycles. The van der Waals surface area contributed by atoms with Crippen molar-refractivity contribution in [2.24, 2.45) is 0 Å². The van der Waals surface area contributed by atoms with Gasteiger partial charge in [0.15, 0.2) is 0 Å². The van der Waals surface area contributed by atoms with Crippen molar-refractivity contribution in [3.05, 3.63) is 142 Å². The summed E-state index contributed by atoms with van der Waals surface area (Å²) < 4.78 is 0. The molecule has 6 rings (SSSR count). The van der Waals surface area contributed by atoms with Crippen molar-refractivity contribution in [1.82, 2.24) is 0 Å². The minimum atomic E-state index is -0.783. The van der Waals surface area contributed by atoms with Crippen molar-refractivity contribution in [3.63, 3.8) is 0 Å². The molecule has 0 saturated carbocycles. The predicted molar refractivity (Wildman–Crippen MR) is 216 cm³/mol. The van der Waals surface area contributed by atoms with E-state index in [0.717, 1.165) is 12.8 Å². The van der Waals surface area contributed by atoms with Crippen LogP contribution in [0.15, 0.2) is 136 Å². The van der Waals surface area contributed by atoms with E-state index < -0.39 is 15.8 Å². The molecule has 1 radical (unpaired) electrons. The Kier molecular flexibility index (Phi) is 18.0. The molecule has 248 valence electrons. The molecule has 0 atom stereocenters. The summed E-state index contributed by atoms with van der Waals surface area (Å²) in [4.78, 5) is 4.22. The topological polar surface area (TPSA) is 0 Å². The maximum atomic E-state index is 5.60. The minimum absolute atomic E-state index is 0. The maximum Gasteiger partial charge on any atom is 0.101 e. The second kappa shape index (κ2) is 22.2. The predicted octanol–water partition coefficient (Wildman–Crippen LogP) is 10.3. The SMILES string of the molecule is [RhH+2].[S-]/C1=C(\SC2=[C-]CCCCCC2)CCCCCC1.c1ccc([PH+](CC[PH+](c2ccccc2)c2ccccc2)c2ccccc2)cc1. The largest absolute Gasteiger partial charge is 0.783 e. The second-order valence-electron chi connectivity index (χ2n) is 12.3. The smallest absolute Gasteiger partial charge is 0.101 e.